The fourth-order valence-corrected chi connectivity index (χ4v) is 5.07. The molecular formula is C28H57Br. The number of hydrogen-bond donors (Lipinski definition) is 0. The van der Waals surface area contributed by atoms with Crippen LogP contribution in [-0.4, -0.2) is 4.32 Å². The summed E-state index contributed by atoms with van der Waals surface area (Å²) in [6, 6.07) is 0. The highest BCUT2D eigenvalue weighted by Crippen LogP contribution is 2.35. The van der Waals surface area contributed by atoms with Crippen molar-refractivity contribution in [3.63, 3.8) is 0 Å². The minimum Gasteiger partial charge on any atom is -0.0853 e. The lowest BCUT2D eigenvalue weighted by molar-refractivity contribution is 0.438. The number of hydrogen-bond acceptors (Lipinski definition) is 0. The minimum atomic E-state index is 0.437. The van der Waals surface area contributed by atoms with Gasteiger partial charge in [-0.3, -0.25) is 0 Å². The largest absolute Gasteiger partial charge is 0.0853 e. The van der Waals surface area contributed by atoms with E-state index in [2.05, 4.69) is 36.7 Å². The Labute approximate surface area is 194 Å². The number of unbranched alkanes of at least 4 members (excludes halogenated alkanes) is 19. The molecule has 0 aliphatic heterocycles. The maximum atomic E-state index is 4.13. The molecule has 0 N–H and O–H groups in total. The summed E-state index contributed by atoms with van der Waals surface area (Å²) in [4.78, 5) is 0. The smallest absolute Gasteiger partial charge is 0.0255 e. The van der Waals surface area contributed by atoms with E-state index in [4.69, 9.17) is 0 Å². The predicted octanol–water partition coefficient (Wildman–Crippen LogP) is 11.5. The Kier molecular flexibility index (Phi) is 23.5. The summed E-state index contributed by atoms with van der Waals surface area (Å²) < 4.78 is 0.437. The van der Waals surface area contributed by atoms with Crippen LogP contribution in [0.3, 0.4) is 0 Å². The topological polar surface area (TPSA) is 0 Å². The molecule has 0 rings (SSSR count). The molecule has 0 aromatic rings. The van der Waals surface area contributed by atoms with Crippen LogP contribution in [0.1, 0.15) is 175 Å². The molecule has 0 aromatic carbocycles. The third-order valence-corrected chi connectivity index (χ3v) is 8.19. The Bertz CT molecular complexity index is 301. The van der Waals surface area contributed by atoms with Crippen molar-refractivity contribution in [2.75, 3.05) is 0 Å². The second-order valence-electron chi connectivity index (χ2n) is 9.72. The van der Waals surface area contributed by atoms with Gasteiger partial charge in [-0.2, -0.15) is 0 Å². The Balaban J connectivity index is 3.46. The molecule has 1 atom stereocenters. The molecular weight excluding hydrogens is 416 g/mol. The van der Waals surface area contributed by atoms with Crippen molar-refractivity contribution < 1.29 is 0 Å². The van der Waals surface area contributed by atoms with Crippen LogP contribution in [0.2, 0.25) is 0 Å². The van der Waals surface area contributed by atoms with Crippen LogP contribution >= 0.6 is 15.9 Å². The van der Waals surface area contributed by atoms with Crippen LogP contribution in [0.4, 0.5) is 0 Å². The van der Waals surface area contributed by atoms with E-state index in [1.807, 2.05) is 0 Å². The van der Waals surface area contributed by atoms with Gasteiger partial charge in [-0.15, -0.1) is 0 Å². The van der Waals surface area contributed by atoms with Gasteiger partial charge < -0.3 is 0 Å². The Morgan fingerprint density at radius 2 is 0.621 bits per heavy atom. The van der Waals surface area contributed by atoms with Gasteiger partial charge in [0, 0.05) is 4.32 Å². The molecule has 1 heteroatoms. The SMILES string of the molecule is CCCCCCCCCCCCCC(Br)(CC)CCCCCCCCCCCC. The molecule has 0 saturated carbocycles. The van der Waals surface area contributed by atoms with Crippen LogP contribution in [0.5, 0.6) is 0 Å². The third kappa shape index (κ3) is 21.5. The van der Waals surface area contributed by atoms with Crippen molar-refractivity contribution in [3.8, 4) is 0 Å². The summed E-state index contributed by atoms with van der Waals surface area (Å²) in [5, 5.41) is 0. The average Bonchev–Trinajstić information content (AvgIpc) is 2.73. The van der Waals surface area contributed by atoms with Gasteiger partial charge in [-0.25, -0.2) is 0 Å². The van der Waals surface area contributed by atoms with Gasteiger partial charge in [0.05, 0.1) is 0 Å². The van der Waals surface area contributed by atoms with Gasteiger partial charge in [0.2, 0.25) is 0 Å². The first-order chi connectivity index (χ1) is 14.2. The molecule has 0 aromatic heterocycles. The minimum absolute atomic E-state index is 0.437. The standard InChI is InChI=1S/C28H57Br/c1-4-7-9-11-13-15-17-19-21-23-25-27-28(29,6-3)26-24-22-20-18-16-14-12-10-8-5-2/h4-27H2,1-3H3. The second kappa shape index (κ2) is 23.1. The van der Waals surface area contributed by atoms with Gasteiger partial charge in [-0.05, 0) is 19.3 Å². The van der Waals surface area contributed by atoms with E-state index in [0.29, 0.717) is 4.32 Å². The van der Waals surface area contributed by atoms with E-state index in [-0.39, 0.29) is 0 Å². The maximum Gasteiger partial charge on any atom is 0.0255 e. The molecule has 0 aliphatic rings. The molecule has 0 spiro atoms. The summed E-state index contributed by atoms with van der Waals surface area (Å²) in [5.74, 6) is 0. The van der Waals surface area contributed by atoms with Gasteiger partial charge in [-0.1, -0.05) is 172 Å². The number of rotatable bonds is 24. The van der Waals surface area contributed by atoms with E-state index in [9.17, 15) is 0 Å². The fraction of sp³-hybridized carbons (Fsp3) is 1.00. The van der Waals surface area contributed by atoms with E-state index < -0.39 is 0 Å². The van der Waals surface area contributed by atoms with Crippen LogP contribution in [0.15, 0.2) is 0 Å². The summed E-state index contributed by atoms with van der Waals surface area (Å²) in [7, 11) is 0. The fourth-order valence-electron chi connectivity index (χ4n) is 4.51. The zero-order chi connectivity index (χ0) is 21.5. The molecule has 0 fully saturated rings. The van der Waals surface area contributed by atoms with Gasteiger partial charge in [0.25, 0.3) is 0 Å². The van der Waals surface area contributed by atoms with Crippen LogP contribution < -0.4 is 0 Å². The zero-order valence-electron chi connectivity index (χ0n) is 20.8. The Hall–Kier alpha value is 0.480. The van der Waals surface area contributed by atoms with Crippen LogP contribution in [-0.2, 0) is 0 Å². The van der Waals surface area contributed by atoms with E-state index in [1.165, 1.54) is 154 Å². The highest BCUT2D eigenvalue weighted by molar-refractivity contribution is 9.10. The molecule has 0 aliphatic carbocycles. The van der Waals surface area contributed by atoms with Crippen LogP contribution in [0, 0.1) is 0 Å². The lowest BCUT2D eigenvalue weighted by Gasteiger charge is -2.26. The molecule has 0 amide bonds. The molecule has 0 saturated heterocycles. The predicted molar refractivity (Wildman–Crippen MR) is 139 cm³/mol. The molecule has 176 valence electrons. The van der Waals surface area contributed by atoms with Gasteiger partial charge in [0.1, 0.15) is 0 Å². The lowest BCUT2D eigenvalue weighted by Crippen LogP contribution is -2.19. The van der Waals surface area contributed by atoms with Crippen molar-refractivity contribution in [1.82, 2.24) is 0 Å². The molecule has 0 bridgehead atoms. The molecule has 0 nitrogen and oxygen atoms in total. The third-order valence-electron chi connectivity index (χ3n) is 6.84. The van der Waals surface area contributed by atoms with E-state index >= 15 is 0 Å². The van der Waals surface area contributed by atoms with Crippen LogP contribution in [0.25, 0.3) is 0 Å². The average molecular weight is 474 g/mol. The highest BCUT2D eigenvalue weighted by atomic mass is 79.9. The number of halogens is 1. The molecule has 0 heterocycles. The first kappa shape index (κ1) is 29.5. The summed E-state index contributed by atoms with van der Waals surface area (Å²) in [5.41, 5.74) is 0. The second-order valence-corrected chi connectivity index (χ2v) is 11.4. The summed E-state index contributed by atoms with van der Waals surface area (Å²) in [6.07, 6.45) is 34.5. The summed E-state index contributed by atoms with van der Waals surface area (Å²) >= 11 is 4.13. The first-order valence-electron chi connectivity index (χ1n) is 13.9. The van der Waals surface area contributed by atoms with Crippen molar-refractivity contribution in [2.24, 2.45) is 0 Å². The van der Waals surface area contributed by atoms with Gasteiger partial charge in [0.15, 0.2) is 0 Å². The van der Waals surface area contributed by atoms with Crippen molar-refractivity contribution in [1.29, 1.82) is 0 Å². The van der Waals surface area contributed by atoms with Crippen molar-refractivity contribution >= 4 is 15.9 Å². The zero-order valence-corrected chi connectivity index (χ0v) is 22.4. The monoisotopic (exact) mass is 472 g/mol. The molecule has 29 heavy (non-hydrogen) atoms. The highest BCUT2D eigenvalue weighted by Gasteiger charge is 2.22. The number of alkyl halides is 1. The van der Waals surface area contributed by atoms with Crippen molar-refractivity contribution in [2.45, 2.75) is 179 Å². The summed E-state index contributed by atoms with van der Waals surface area (Å²) in [6.45, 7) is 6.98. The Morgan fingerprint density at radius 1 is 0.379 bits per heavy atom. The molecule has 1 unspecified atom stereocenters. The molecule has 0 radical (unpaired) electrons. The quantitative estimate of drug-likeness (QED) is 0.0965. The lowest BCUT2D eigenvalue weighted by atomic mass is 9.91. The first-order valence-corrected chi connectivity index (χ1v) is 14.7. The Morgan fingerprint density at radius 3 is 0.862 bits per heavy atom. The maximum absolute atomic E-state index is 4.13. The van der Waals surface area contributed by atoms with E-state index in [0.717, 1.165) is 0 Å². The van der Waals surface area contributed by atoms with Gasteiger partial charge >= 0.3 is 0 Å². The van der Waals surface area contributed by atoms with E-state index in [1.54, 1.807) is 0 Å². The normalized spacial score (nSPS) is 13.7. The van der Waals surface area contributed by atoms with Crippen molar-refractivity contribution in [3.05, 3.63) is 0 Å².